The highest BCUT2D eigenvalue weighted by Crippen LogP contribution is 2.37. The lowest BCUT2D eigenvalue weighted by atomic mass is 9.79. The summed E-state index contributed by atoms with van der Waals surface area (Å²) in [5.41, 5.74) is 2.06. The number of likely N-dealkylation sites (tertiary alicyclic amines) is 1. The largest absolute Gasteiger partial charge is 0.461 e. The number of esters is 1. The monoisotopic (exact) mass is 525 g/mol. The first-order valence-corrected chi connectivity index (χ1v) is 13.6. The molecule has 0 aliphatic carbocycles. The number of ether oxygens (including phenoxy) is 1. The van der Waals surface area contributed by atoms with E-state index in [0.29, 0.717) is 32.5 Å². The number of rotatable bonds is 8. The fourth-order valence-corrected chi connectivity index (χ4v) is 5.68. The third-order valence-electron chi connectivity index (χ3n) is 8.01. The SMILES string of the molecule is CN1CCC2(CC1)C(=O)NC(CC(=O)OCc1ccccc1)C(=O)N2CC(c1ccccc1)c1ccccc1. The summed E-state index contributed by atoms with van der Waals surface area (Å²) >= 11 is 0. The third kappa shape index (κ3) is 5.88. The first kappa shape index (κ1) is 26.6. The van der Waals surface area contributed by atoms with E-state index in [1.807, 2.05) is 73.8 Å². The summed E-state index contributed by atoms with van der Waals surface area (Å²) in [6.45, 7) is 1.89. The lowest BCUT2D eigenvalue weighted by Crippen LogP contribution is -2.73. The molecule has 1 N–H and O–H groups in total. The molecule has 0 bridgehead atoms. The summed E-state index contributed by atoms with van der Waals surface area (Å²) in [6, 6.07) is 28.6. The fraction of sp³-hybridized carbons (Fsp3) is 0.344. The van der Waals surface area contributed by atoms with Crippen molar-refractivity contribution in [3.8, 4) is 0 Å². The molecule has 1 atom stereocenters. The Morgan fingerprint density at radius 3 is 2.00 bits per heavy atom. The first-order valence-electron chi connectivity index (χ1n) is 13.6. The van der Waals surface area contributed by atoms with Crippen LogP contribution in [-0.4, -0.2) is 65.8 Å². The molecule has 0 saturated carbocycles. The molecule has 39 heavy (non-hydrogen) atoms. The minimum absolute atomic E-state index is 0.121. The Balaban J connectivity index is 1.42. The molecule has 5 rings (SSSR count). The zero-order chi connectivity index (χ0) is 27.2. The van der Waals surface area contributed by atoms with E-state index in [2.05, 4.69) is 34.5 Å². The van der Waals surface area contributed by atoms with Gasteiger partial charge in [-0.15, -0.1) is 0 Å². The predicted octanol–water partition coefficient (Wildman–Crippen LogP) is 3.74. The van der Waals surface area contributed by atoms with Crippen LogP contribution in [-0.2, 0) is 25.7 Å². The maximum Gasteiger partial charge on any atom is 0.308 e. The second kappa shape index (κ2) is 11.8. The van der Waals surface area contributed by atoms with Crippen molar-refractivity contribution < 1.29 is 19.1 Å². The molecular weight excluding hydrogens is 490 g/mol. The predicted molar refractivity (Wildman–Crippen MR) is 149 cm³/mol. The summed E-state index contributed by atoms with van der Waals surface area (Å²) in [5, 5.41) is 2.90. The van der Waals surface area contributed by atoms with Gasteiger partial charge in [-0.3, -0.25) is 14.4 Å². The van der Waals surface area contributed by atoms with Crippen LogP contribution in [0, 0.1) is 0 Å². The van der Waals surface area contributed by atoms with Crippen LogP contribution in [0.5, 0.6) is 0 Å². The lowest BCUT2D eigenvalue weighted by Gasteiger charge is -2.52. The summed E-state index contributed by atoms with van der Waals surface area (Å²) in [5.74, 6) is -1.05. The van der Waals surface area contributed by atoms with E-state index in [1.54, 1.807) is 4.90 Å². The van der Waals surface area contributed by atoms with Gasteiger partial charge in [-0.05, 0) is 36.6 Å². The van der Waals surface area contributed by atoms with Crippen molar-refractivity contribution in [1.82, 2.24) is 15.1 Å². The third-order valence-corrected chi connectivity index (χ3v) is 8.01. The molecule has 7 nitrogen and oxygen atoms in total. The number of piperazine rings is 1. The van der Waals surface area contributed by atoms with Gasteiger partial charge in [-0.1, -0.05) is 91.0 Å². The standard InChI is InChI=1S/C32H35N3O4/c1-34-19-17-32(18-20-34)31(38)33-28(21-29(36)39-23-24-11-5-2-6-12-24)30(37)35(32)22-27(25-13-7-3-8-14-25)26-15-9-4-10-16-26/h2-16,27-28H,17-23H2,1H3,(H,33,38). The van der Waals surface area contributed by atoms with Gasteiger partial charge in [0.15, 0.2) is 0 Å². The molecule has 2 fully saturated rings. The Morgan fingerprint density at radius 1 is 0.897 bits per heavy atom. The van der Waals surface area contributed by atoms with E-state index >= 15 is 0 Å². The van der Waals surface area contributed by atoms with Crippen LogP contribution in [0.15, 0.2) is 91.0 Å². The van der Waals surface area contributed by atoms with Crippen molar-refractivity contribution in [2.45, 2.75) is 43.4 Å². The minimum atomic E-state index is -0.960. The molecule has 1 spiro atoms. The van der Waals surface area contributed by atoms with Crippen LogP contribution in [0.25, 0.3) is 0 Å². The molecule has 3 aromatic carbocycles. The average molecular weight is 526 g/mol. The Labute approximate surface area is 229 Å². The molecule has 2 aliphatic heterocycles. The summed E-state index contributed by atoms with van der Waals surface area (Å²) in [6.07, 6.45) is 0.885. The zero-order valence-corrected chi connectivity index (χ0v) is 22.3. The summed E-state index contributed by atoms with van der Waals surface area (Å²) in [4.78, 5) is 44.6. The number of carbonyl (C=O) groups excluding carboxylic acids is 3. The quantitative estimate of drug-likeness (QED) is 0.454. The van der Waals surface area contributed by atoms with E-state index in [-0.39, 0.29) is 30.8 Å². The number of hydrogen-bond donors (Lipinski definition) is 1. The minimum Gasteiger partial charge on any atom is -0.461 e. The van der Waals surface area contributed by atoms with Crippen LogP contribution in [0.1, 0.15) is 41.9 Å². The van der Waals surface area contributed by atoms with E-state index < -0.39 is 17.6 Å². The highest BCUT2D eigenvalue weighted by atomic mass is 16.5. The number of piperidine rings is 1. The molecule has 202 valence electrons. The molecule has 7 heteroatoms. The average Bonchev–Trinajstić information content (AvgIpc) is 2.97. The molecular formula is C32H35N3O4. The topological polar surface area (TPSA) is 79.0 Å². The maximum absolute atomic E-state index is 14.1. The highest BCUT2D eigenvalue weighted by molar-refractivity contribution is 6.01. The van der Waals surface area contributed by atoms with Crippen LogP contribution < -0.4 is 5.32 Å². The highest BCUT2D eigenvalue weighted by Gasteiger charge is 2.54. The summed E-state index contributed by atoms with van der Waals surface area (Å²) < 4.78 is 5.45. The molecule has 2 saturated heterocycles. The maximum atomic E-state index is 14.1. The second-order valence-electron chi connectivity index (χ2n) is 10.5. The van der Waals surface area contributed by atoms with Crippen molar-refractivity contribution in [3.05, 3.63) is 108 Å². The molecule has 1 unspecified atom stereocenters. The van der Waals surface area contributed by atoms with Gasteiger partial charge < -0.3 is 19.9 Å². The number of carbonyl (C=O) groups is 3. The van der Waals surface area contributed by atoms with Crippen molar-refractivity contribution in [1.29, 1.82) is 0 Å². The van der Waals surface area contributed by atoms with E-state index in [9.17, 15) is 14.4 Å². The van der Waals surface area contributed by atoms with E-state index in [0.717, 1.165) is 16.7 Å². The van der Waals surface area contributed by atoms with Gasteiger partial charge in [0.1, 0.15) is 18.2 Å². The molecule has 2 heterocycles. The Bertz CT molecular complexity index is 1240. The molecule has 0 aromatic heterocycles. The number of nitrogens with one attached hydrogen (secondary N) is 1. The second-order valence-corrected chi connectivity index (χ2v) is 10.5. The van der Waals surface area contributed by atoms with Gasteiger partial charge in [-0.25, -0.2) is 0 Å². The zero-order valence-electron chi connectivity index (χ0n) is 22.3. The smallest absolute Gasteiger partial charge is 0.308 e. The van der Waals surface area contributed by atoms with Crippen molar-refractivity contribution in [2.75, 3.05) is 26.7 Å². The Hall–Kier alpha value is -3.97. The fourth-order valence-electron chi connectivity index (χ4n) is 5.68. The van der Waals surface area contributed by atoms with Crippen LogP contribution in [0.4, 0.5) is 0 Å². The molecule has 2 amide bonds. The normalized spacial score (nSPS) is 19.2. The van der Waals surface area contributed by atoms with Crippen molar-refractivity contribution >= 4 is 17.8 Å². The van der Waals surface area contributed by atoms with Crippen molar-refractivity contribution in [2.24, 2.45) is 0 Å². The molecule has 3 aromatic rings. The number of benzene rings is 3. The summed E-state index contributed by atoms with van der Waals surface area (Å²) in [7, 11) is 2.03. The van der Waals surface area contributed by atoms with E-state index in [4.69, 9.17) is 4.74 Å². The number of nitrogens with zero attached hydrogens (tertiary/aromatic N) is 2. The van der Waals surface area contributed by atoms with Gasteiger partial charge in [0, 0.05) is 25.6 Å². The van der Waals surface area contributed by atoms with Gasteiger partial charge >= 0.3 is 5.97 Å². The molecule has 0 radical (unpaired) electrons. The lowest BCUT2D eigenvalue weighted by molar-refractivity contribution is -0.163. The van der Waals surface area contributed by atoms with Crippen LogP contribution >= 0.6 is 0 Å². The number of amides is 2. The van der Waals surface area contributed by atoms with Gasteiger partial charge in [0.05, 0.1) is 6.42 Å². The van der Waals surface area contributed by atoms with Crippen molar-refractivity contribution in [3.63, 3.8) is 0 Å². The van der Waals surface area contributed by atoms with Crippen LogP contribution in [0.2, 0.25) is 0 Å². The Kier molecular flexibility index (Phi) is 8.07. The van der Waals surface area contributed by atoms with Gasteiger partial charge in [-0.2, -0.15) is 0 Å². The van der Waals surface area contributed by atoms with Crippen LogP contribution in [0.3, 0.4) is 0 Å². The number of hydrogen-bond acceptors (Lipinski definition) is 5. The Morgan fingerprint density at radius 2 is 1.44 bits per heavy atom. The van der Waals surface area contributed by atoms with E-state index in [1.165, 1.54) is 0 Å². The first-order chi connectivity index (χ1) is 19.0. The molecule has 2 aliphatic rings. The van der Waals surface area contributed by atoms with Gasteiger partial charge in [0.2, 0.25) is 11.8 Å². The van der Waals surface area contributed by atoms with Gasteiger partial charge in [0.25, 0.3) is 0 Å².